The molecule has 0 bridgehead atoms. The largest absolute Gasteiger partial charge is 0.394 e. The van der Waals surface area contributed by atoms with Gasteiger partial charge >= 0.3 is 0 Å². The Morgan fingerprint density at radius 3 is 2.62 bits per heavy atom. The quantitative estimate of drug-likeness (QED) is 0.599. The van der Waals surface area contributed by atoms with Crippen molar-refractivity contribution in [2.75, 3.05) is 37.8 Å². The summed E-state index contributed by atoms with van der Waals surface area (Å²) in [6, 6.07) is 0. The highest BCUT2D eigenvalue weighted by Crippen LogP contribution is 2.32. The lowest BCUT2D eigenvalue weighted by Gasteiger charge is -2.27. The third kappa shape index (κ3) is 2.43. The van der Waals surface area contributed by atoms with Gasteiger partial charge in [0.2, 0.25) is 0 Å². The zero-order valence-electron chi connectivity index (χ0n) is 12.9. The summed E-state index contributed by atoms with van der Waals surface area (Å²) in [6.07, 6.45) is -1.12. The van der Waals surface area contributed by atoms with Crippen LogP contribution in [0.3, 0.4) is 0 Å². The van der Waals surface area contributed by atoms with Crippen LogP contribution in [0.25, 0.3) is 11.2 Å². The predicted octanol–water partition coefficient (Wildman–Crippen LogP) is -1.73. The van der Waals surface area contributed by atoms with Gasteiger partial charge in [-0.2, -0.15) is 0 Å². The molecule has 10 nitrogen and oxygen atoms in total. The van der Waals surface area contributed by atoms with E-state index in [1.807, 2.05) is 0 Å². The van der Waals surface area contributed by atoms with Gasteiger partial charge in [0.15, 0.2) is 23.2 Å². The number of rotatable bonds is 3. The van der Waals surface area contributed by atoms with Crippen LogP contribution in [0.1, 0.15) is 6.23 Å². The number of fused-ring (bicyclic) bond motifs is 1. The fourth-order valence-corrected chi connectivity index (χ4v) is 3.14. The molecule has 0 aliphatic carbocycles. The lowest BCUT2D eigenvalue weighted by atomic mass is 10.1. The van der Waals surface area contributed by atoms with E-state index < -0.39 is 24.5 Å². The van der Waals surface area contributed by atoms with Gasteiger partial charge in [0.25, 0.3) is 0 Å². The van der Waals surface area contributed by atoms with Gasteiger partial charge < -0.3 is 29.7 Å². The number of imidazole rings is 1. The molecule has 0 amide bonds. The number of aromatic nitrogens is 4. The zero-order chi connectivity index (χ0) is 16.7. The Balaban J connectivity index is 1.71. The van der Waals surface area contributed by atoms with E-state index in [4.69, 9.17) is 9.47 Å². The summed E-state index contributed by atoms with van der Waals surface area (Å²) in [5, 5.41) is 29.4. The number of nitrogens with zero attached hydrogens (tertiary/aromatic N) is 5. The van der Waals surface area contributed by atoms with Crippen LogP contribution >= 0.6 is 0 Å². The first kappa shape index (κ1) is 15.7. The lowest BCUT2D eigenvalue weighted by Crippen LogP contribution is -2.37. The summed E-state index contributed by atoms with van der Waals surface area (Å²) in [5.41, 5.74) is 1.10. The fourth-order valence-electron chi connectivity index (χ4n) is 3.14. The van der Waals surface area contributed by atoms with Gasteiger partial charge in [-0.25, -0.2) is 15.0 Å². The van der Waals surface area contributed by atoms with Gasteiger partial charge in [-0.15, -0.1) is 0 Å². The molecule has 10 heteroatoms. The minimum absolute atomic E-state index is 0.380. The van der Waals surface area contributed by atoms with Crippen molar-refractivity contribution in [1.82, 2.24) is 19.5 Å². The highest BCUT2D eigenvalue weighted by Gasteiger charge is 2.44. The van der Waals surface area contributed by atoms with Crippen LogP contribution in [0.15, 0.2) is 12.7 Å². The highest BCUT2D eigenvalue weighted by atomic mass is 16.6. The van der Waals surface area contributed by atoms with Crippen LogP contribution in [-0.4, -0.2) is 86.1 Å². The van der Waals surface area contributed by atoms with Crippen molar-refractivity contribution in [3.05, 3.63) is 12.7 Å². The van der Waals surface area contributed by atoms with Crippen LogP contribution < -0.4 is 4.90 Å². The second-order valence-electron chi connectivity index (χ2n) is 5.85. The Morgan fingerprint density at radius 1 is 1.12 bits per heavy atom. The molecule has 0 saturated carbocycles. The molecule has 3 N–H and O–H groups in total. The molecule has 2 saturated heterocycles. The minimum Gasteiger partial charge on any atom is -0.394 e. The Kier molecular flexibility index (Phi) is 4.06. The van der Waals surface area contributed by atoms with Gasteiger partial charge in [-0.3, -0.25) is 4.57 Å². The molecule has 24 heavy (non-hydrogen) atoms. The first-order chi connectivity index (χ1) is 11.7. The average Bonchev–Trinajstić information content (AvgIpc) is 3.17. The number of anilines is 1. The summed E-state index contributed by atoms with van der Waals surface area (Å²) in [6.45, 7) is 2.30. The van der Waals surface area contributed by atoms with Gasteiger partial charge in [0.05, 0.1) is 26.1 Å². The topological polar surface area (TPSA) is 126 Å². The molecule has 2 aromatic heterocycles. The van der Waals surface area contributed by atoms with Crippen molar-refractivity contribution >= 4 is 17.0 Å². The van der Waals surface area contributed by atoms with Crippen molar-refractivity contribution in [3.63, 3.8) is 0 Å². The number of aliphatic hydroxyl groups is 3. The van der Waals surface area contributed by atoms with Gasteiger partial charge in [0.1, 0.15) is 24.6 Å². The molecule has 0 unspecified atom stereocenters. The Morgan fingerprint density at radius 2 is 1.92 bits per heavy atom. The van der Waals surface area contributed by atoms with Crippen molar-refractivity contribution in [3.8, 4) is 0 Å². The summed E-state index contributed by atoms with van der Waals surface area (Å²) in [4.78, 5) is 15.0. The molecule has 4 heterocycles. The molecule has 2 aromatic rings. The van der Waals surface area contributed by atoms with Crippen LogP contribution in [0.4, 0.5) is 5.82 Å². The Labute approximate surface area is 137 Å². The van der Waals surface area contributed by atoms with Gasteiger partial charge in [-0.1, -0.05) is 0 Å². The lowest BCUT2D eigenvalue weighted by molar-refractivity contribution is -0.0511. The normalized spacial score (nSPS) is 31.0. The molecular formula is C14H19N5O5. The summed E-state index contributed by atoms with van der Waals surface area (Å²) in [7, 11) is 0. The predicted molar refractivity (Wildman–Crippen MR) is 81.4 cm³/mol. The maximum absolute atomic E-state index is 10.2. The van der Waals surface area contributed by atoms with E-state index in [-0.39, 0.29) is 6.61 Å². The second-order valence-corrected chi connectivity index (χ2v) is 5.85. The number of hydrogen-bond acceptors (Lipinski definition) is 9. The summed E-state index contributed by atoms with van der Waals surface area (Å²) >= 11 is 0. The van der Waals surface area contributed by atoms with E-state index in [0.717, 1.165) is 0 Å². The van der Waals surface area contributed by atoms with Crippen LogP contribution in [0.2, 0.25) is 0 Å². The van der Waals surface area contributed by atoms with Gasteiger partial charge in [0, 0.05) is 13.1 Å². The third-order valence-electron chi connectivity index (χ3n) is 4.44. The second kappa shape index (κ2) is 6.22. The first-order valence-corrected chi connectivity index (χ1v) is 7.83. The molecule has 2 aliphatic heterocycles. The molecule has 4 atom stereocenters. The molecule has 2 aliphatic rings. The Hall–Kier alpha value is -1.85. The number of hydrogen-bond donors (Lipinski definition) is 3. The standard InChI is InChI=1S/C14H19N5O5/c20-5-8-10(21)11(22)14(24-8)19-7-17-9-12(15-6-16-13(9)19)18-1-3-23-4-2-18/h6-8,10-11,14,20-22H,1-5H2/t8-,10-,11-,14-/m1/s1. The molecule has 2 fully saturated rings. The fraction of sp³-hybridized carbons (Fsp3) is 0.643. The van der Waals surface area contributed by atoms with Crippen LogP contribution in [0, 0.1) is 0 Å². The average molecular weight is 337 g/mol. The van der Waals surface area contributed by atoms with Crippen LogP contribution in [0.5, 0.6) is 0 Å². The molecule has 0 aromatic carbocycles. The third-order valence-corrected chi connectivity index (χ3v) is 4.44. The number of morpholine rings is 1. The van der Waals surface area contributed by atoms with Crippen molar-refractivity contribution in [2.45, 2.75) is 24.5 Å². The highest BCUT2D eigenvalue weighted by molar-refractivity contribution is 5.83. The van der Waals surface area contributed by atoms with E-state index in [2.05, 4.69) is 19.9 Å². The van der Waals surface area contributed by atoms with E-state index >= 15 is 0 Å². The maximum atomic E-state index is 10.2. The number of aliphatic hydroxyl groups excluding tert-OH is 3. The summed E-state index contributed by atoms with van der Waals surface area (Å²) in [5.74, 6) is 0.703. The SMILES string of the molecule is OC[C@H]1O[C@@H](n2cnc3c(N4CCOCC4)ncnc32)[C@H](O)[C@@H]1O. The van der Waals surface area contributed by atoms with Crippen molar-refractivity contribution < 1.29 is 24.8 Å². The molecule has 4 rings (SSSR count). The first-order valence-electron chi connectivity index (χ1n) is 7.83. The van der Waals surface area contributed by atoms with E-state index in [1.165, 1.54) is 12.7 Å². The Bertz CT molecular complexity index is 719. The molecule has 0 radical (unpaired) electrons. The van der Waals surface area contributed by atoms with Crippen molar-refractivity contribution in [1.29, 1.82) is 0 Å². The zero-order valence-corrected chi connectivity index (χ0v) is 12.9. The molecule has 0 spiro atoms. The smallest absolute Gasteiger partial charge is 0.167 e. The van der Waals surface area contributed by atoms with Gasteiger partial charge in [-0.05, 0) is 0 Å². The van der Waals surface area contributed by atoms with E-state index in [1.54, 1.807) is 4.57 Å². The van der Waals surface area contributed by atoms with Crippen molar-refractivity contribution in [2.24, 2.45) is 0 Å². The molecular weight excluding hydrogens is 318 g/mol. The maximum Gasteiger partial charge on any atom is 0.167 e. The summed E-state index contributed by atoms with van der Waals surface area (Å²) < 4.78 is 12.5. The number of ether oxygens (including phenoxy) is 2. The monoisotopic (exact) mass is 337 g/mol. The van der Waals surface area contributed by atoms with Crippen LogP contribution in [-0.2, 0) is 9.47 Å². The van der Waals surface area contributed by atoms with E-state index in [0.29, 0.717) is 43.3 Å². The van der Waals surface area contributed by atoms with E-state index in [9.17, 15) is 15.3 Å². The molecule has 130 valence electrons. The minimum atomic E-state index is -1.18.